The van der Waals surface area contributed by atoms with Crippen molar-refractivity contribution in [3.05, 3.63) is 64.7 Å². The zero-order valence-corrected chi connectivity index (χ0v) is 19.0. The summed E-state index contributed by atoms with van der Waals surface area (Å²) in [5.74, 6) is -0.626. The molecule has 3 rings (SSSR count). The third kappa shape index (κ3) is 5.07. The first-order chi connectivity index (χ1) is 14.5. The molecule has 1 fully saturated rings. The molecule has 0 radical (unpaired) electrons. The number of benzene rings is 2. The van der Waals surface area contributed by atoms with Crippen LogP contribution in [0.4, 0.5) is 10.5 Å². The molecule has 0 bridgehead atoms. The maximum Gasteiger partial charge on any atom is 0.411 e. The zero-order valence-electron chi connectivity index (χ0n) is 18.2. The number of hydrogen-bond donors (Lipinski definition) is 1. The fourth-order valence-corrected chi connectivity index (χ4v) is 3.80. The molecule has 2 aromatic rings. The summed E-state index contributed by atoms with van der Waals surface area (Å²) in [6.07, 6.45) is 0.645. The van der Waals surface area contributed by atoms with E-state index in [1.807, 2.05) is 6.07 Å². The fraction of sp³-hybridized carbons (Fsp3) is 0.375. The van der Waals surface area contributed by atoms with Gasteiger partial charge in [-0.25, -0.2) is 4.79 Å². The molecule has 1 N–H and O–H groups in total. The lowest BCUT2D eigenvalue weighted by atomic mass is 9.96. The number of ether oxygens (including phenoxy) is 1. The molecule has 7 heteroatoms. The Kier molecular flexibility index (Phi) is 6.41. The second kappa shape index (κ2) is 8.71. The average molecular weight is 443 g/mol. The van der Waals surface area contributed by atoms with Gasteiger partial charge in [0.15, 0.2) is 5.78 Å². The van der Waals surface area contributed by atoms with Crippen LogP contribution in [0.2, 0.25) is 5.02 Å². The van der Waals surface area contributed by atoms with Crippen LogP contribution in [0, 0.1) is 0 Å². The van der Waals surface area contributed by atoms with Crippen LogP contribution in [-0.4, -0.2) is 40.4 Å². The van der Waals surface area contributed by atoms with E-state index in [4.69, 9.17) is 16.3 Å². The van der Waals surface area contributed by atoms with Crippen LogP contribution < -0.4 is 5.32 Å². The van der Waals surface area contributed by atoms with Gasteiger partial charge in [0.25, 0.3) is 0 Å². The van der Waals surface area contributed by atoms with E-state index in [2.05, 4.69) is 5.32 Å². The summed E-state index contributed by atoms with van der Waals surface area (Å²) in [4.78, 5) is 40.5. The number of rotatable bonds is 4. The van der Waals surface area contributed by atoms with E-state index >= 15 is 0 Å². The number of anilines is 1. The number of halogens is 1. The Balaban J connectivity index is 1.88. The zero-order chi connectivity index (χ0) is 22.8. The highest BCUT2D eigenvalue weighted by Gasteiger charge is 2.47. The summed E-state index contributed by atoms with van der Waals surface area (Å²) >= 11 is 6.13. The van der Waals surface area contributed by atoms with Gasteiger partial charge in [-0.1, -0.05) is 41.9 Å². The van der Waals surface area contributed by atoms with E-state index in [1.54, 1.807) is 64.1 Å². The molecule has 1 atom stereocenters. The van der Waals surface area contributed by atoms with Crippen molar-refractivity contribution in [2.24, 2.45) is 0 Å². The van der Waals surface area contributed by atoms with Gasteiger partial charge in [0.1, 0.15) is 11.1 Å². The van der Waals surface area contributed by atoms with Gasteiger partial charge < -0.3 is 10.1 Å². The van der Waals surface area contributed by atoms with Crippen LogP contribution in [0.15, 0.2) is 48.5 Å². The third-order valence-corrected chi connectivity index (χ3v) is 5.49. The minimum atomic E-state index is -1.09. The van der Waals surface area contributed by atoms with E-state index < -0.39 is 17.2 Å². The van der Waals surface area contributed by atoms with E-state index in [9.17, 15) is 14.4 Å². The Morgan fingerprint density at radius 3 is 2.42 bits per heavy atom. The van der Waals surface area contributed by atoms with Gasteiger partial charge in [-0.15, -0.1) is 0 Å². The van der Waals surface area contributed by atoms with E-state index in [1.165, 1.54) is 11.0 Å². The molecule has 0 saturated carbocycles. The Morgan fingerprint density at radius 2 is 1.77 bits per heavy atom. The monoisotopic (exact) mass is 442 g/mol. The maximum absolute atomic E-state index is 13.3. The lowest BCUT2D eigenvalue weighted by Gasteiger charge is -2.35. The summed E-state index contributed by atoms with van der Waals surface area (Å²) in [5, 5.41) is 3.24. The molecule has 1 aliphatic rings. The van der Waals surface area contributed by atoms with Gasteiger partial charge in [0, 0.05) is 22.7 Å². The first kappa shape index (κ1) is 22.8. The van der Waals surface area contributed by atoms with Crippen molar-refractivity contribution in [1.29, 1.82) is 0 Å². The molecular weight excluding hydrogens is 416 g/mol. The van der Waals surface area contributed by atoms with E-state index in [0.717, 1.165) is 0 Å². The highest BCUT2D eigenvalue weighted by atomic mass is 35.5. The van der Waals surface area contributed by atoms with Crippen LogP contribution in [-0.2, 0) is 9.53 Å². The standard InChI is InChI=1S/C24H27ClN2O4/c1-23(2,3)31-22(30)27-14-8-13-24(27,4)21(29)26-19-12-11-17(25)15-18(19)20(28)16-9-6-5-7-10-16/h5-7,9-12,15H,8,13-14H2,1-4H3,(H,26,29)/t24-/m1/s1. The van der Waals surface area contributed by atoms with Gasteiger partial charge in [-0.3, -0.25) is 14.5 Å². The van der Waals surface area contributed by atoms with Crippen LogP contribution in [0.3, 0.4) is 0 Å². The molecule has 1 saturated heterocycles. The summed E-state index contributed by atoms with van der Waals surface area (Å²) < 4.78 is 5.49. The molecule has 6 nitrogen and oxygen atoms in total. The lowest BCUT2D eigenvalue weighted by molar-refractivity contribution is -0.125. The smallest absolute Gasteiger partial charge is 0.411 e. The van der Waals surface area contributed by atoms with Crippen LogP contribution in [0.25, 0.3) is 0 Å². The molecule has 0 aromatic heterocycles. The number of amides is 2. The number of hydrogen-bond acceptors (Lipinski definition) is 4. The first-order valence-corrected chi connectivity index (χ1v) is 10.6. The number of nitrogens with zero attached hydrogens (tertiary/aromatic N) is 1. The SMILES string of the molecule is CC(C)(C)OC(=O)N1CCC[C@]1(C)C(=O)Nc1ccc(Cl)cc1C(=O)c1ccccc1. The molecule has 31 heavy (non-hydrogen) atoms. The van der Waals surface area contributed by atoms with E-state index in [-0.39, 0.29) is 17.3 Å². The predicted molar refractivity (Wildman–Crippen MR) is 121 cm³/mol. The Morgan fingerprint density at radius 1 is 1.10 bits per heavy atom. The second-order valence-corrected chi connectivity index (χ2v) is 9.29. The molecule has 164 valence electrons. The quantitative estimate of drug-likeness (QED) is 0.652. The minimum absolute atomic E-state index is 0.251. The fourth-order valence-electron chi connectivity index (χ4n) is 3.62. The summed E-state index contributed by atoms with van der Waals surface area (Å²) in [7, 11) is 0. The molecule has 1 heterocycles. The van der Waals surface area contributed by atoms with Gasteiger partial charge >= 0.3 is 6.09 Å². The number of carbonyl (C=O) groups excluding carboxylic acids is 3. The molecule has 2 amide bonds. The lowest BCUT2D eigenvalue weighted by Crippen LogP contribution is -2.54. The normalized spacial score (nSPS) is 18.5. The van der Waals surface area contributed by atoms with Crippen molar-refractivity contribution in [1.82, 2.24) is 4.90 Å². The molecule has 1 aliphatic heterocycles. The van der Waals surface area contributed by atoms with Crippen LogP contribution in [0.5, 0.6) is 0 Å². The predicted octanol–water partition coefficient (Wildman–Crippen LogP) is 5.30. The second-order valence-electron chi connectivity index (χ2n) is 8.85. The van der Waals surface area contributed by atoms with Crippen molar-refractivity contribution in [3.8, 4) is 0 Å². The minimum Gasteiger partial charge on any atom is -0.444 e. The van der Waals surface area contributed by atoms with Gasteiger partial charge in [-0.2, -0.15) is 0 Å². The van der Waals surface area contributed by atoms with Crippen molar-refractivity contribution < 1.29 is 19.1 Å². The molecule has 2 aromatic carbocycles. The highest BCUT2D eigenvalue weighted by Crippen LogP contribution is 2.33. The third-order valence-electron chi connectivity index (χ3n) is 5.25. The van der Waals surface area contributed by atoms with Gasteiger partial charge in [0.2, 0.25) is 5.91 Å². The summed E-state index contributed by atoms with van der Waals surface area (Å²) in [5.41, 5.74) is -0.627. The van der Waals surface area contributed by atoms with Crippen LogP contribution in [0.1, 0.15) is 56.5 Å². The first-order valence-electron chi connectivity index (χ1n) is 10.2. The Labute approximate surface area is 187 Å². The number of likely N-dealkylation sites (tertiary alicyclic amines) is 1. The number of ketones is 1. The molecule has 0 aliphatic carbocycles. The average Bonchev–Trinajstić information content (AvgIpc) is 3.11. The number of nitrogens with one attached hydrogen (secondary N) is 1. The van der Waals surface area contributed by atoms with Gasteiger partial charge in [-0.05, 0) is 58.7 Å². The molecular formula is C24H27ClN2O4. The van der Waals surface area contributed by atoms with Crippen LogP contribution >= 0.6 is 11.6 Å². The van der Waals surface area contributed by atoms with E-state index in [0.29, 0.717) is 35.7 Å². The molecule has 0 spiro atoms. The number of carbonyl (C=O) groups is 3. The van der Waals surface area contributed by atoms with Crippen molar-refractivity contribution in [2.45, 2.75) is 51.7 Å². The molecule has 0 unspecified atom stereocenters. The summed E-state index contributed by atoms with van der Waals surface area (Å²) in [6, 6.07) is 13.5. The van der Waals surface area contributed by atoms with Crippen molar-refractivity contribution in [2.75, 3.05) is 11.9 Å². The van der Waals surface area contributed by atoms with Gasteiger partial charge in [0.05, 0.1) is 5.69 Å². The topological polar surface area (TPSA) is 75.7 Å². The largest absolute Gasteiger partial charge is 0.444 e. The Hall–Kier alpha value is -2.86. The van der Waals surface area contributed by atoms with Crippen molar-refractivity contribution >= 4 is 35.1 Å². The summed E-state index contributed by atoms with van der Waals surface area (Å²) in [6.45, 7) is 7.50. The maximum atomic E-state index is 13.3. The highest BCUT2D eigenvalue weighted by molar-refractivity contribution is 6.31. The van der Waals surface area contributed by atoms with Crippen molar-refractivity contribution in [3.63, 3.8) is 0 Å². The Bertz CT molecular complexity index is 1000.